The van der Waals surface area contributed by atoms with Crippen LogP contribution < -0.4 is 4.74 Å². The number of aromatic nitrogens is 3. The Kier molecular flexibility index (Phi) is 7.90. The second-order valence-corrected chi connectivity index (χ2v) is 9.85. The first kappa shape index (κ1) is 24.3. The van der Waals surface area contributed by atoms with Gasteiger partial charge in [-0.1, -0.05) is 49.9 Å². The minimum atomic E-state index is 0.146. The molecule has 0 unspecified atom stereocenters. The lowest BCUT2D eigenvalue weighted by Gasteiger charge is -2.34. The molecule has 1 fully saturated rings. The number of piperazine rings is 1. The number of benzene rings is 2. The van der Waals surface area contributed by atoms with E-state index in [2.05, 4.69) is 53.2 Å². The molecular weight excluding hydrogens is 446 g/mol. The highest BCUT2D eigenvalue weighted by atomic mass is 32.2. The highest BCUT2D eigenvalue weighted by molar-refractivity contribution is 7.99. The van der Waals surface area contributed by atoms with Crippen LogP contribution in [0.5, 0.6) is 5.75 Å². The average molecular weight is 480 g/mol. The van der Waals surface area contributed by atoms with Crippen molar-refractivity contribution in [2.24, 2.45) is 0 Å². The first-order chi connectivity index (χ1) is 16.4. The molecule has 4 rings (SSSR count). The Morgan fingerprint density at radius 3 is 2.29 bits per heavy atom. The molecule has 0 aliphatic carbocycles. The van der Waals surface area contributed by atoms with Crippen molar-refractivity contribution in [3.05, 3.63) is 65.5 Å². The van der Waals surface area contributed by atoms with Gasteiger partial charge in [0.2, 0.25) is 5.91 Å². The minimum Gasteiger partial charge on any atom is -0.497 e. The molecule has 34 heavy (non-hydrogen) atoms. The van der Waals surface area contributed by atoms with Gasteiger partial charge in [-0.3, -0.25) is 14.3 Å². The number of methoxy groups -OCH3 is 1. The zero-order valence-corrected chi connectivity index (χ0v) is 21.2. The second kappa shape index (κ2) is 11.1. The van der Waals surface area contributed by atoms with E-state index in [0.29, 0.717) is 11.7 Å². The van der Waals surface area contributed by atoms with Crippen LogP contribution in [-0.2, 0) is 11.3 Å². The summed E-state index contributed by atoms with van der Waals surface area (Å²) in [4.78, 5) is 17.3. The fourth-order valence-corrected chi connectivity index (χ4v) is 5.00. The highest BCUT2D eigenvalue weighted by Gasteiger charge is 2.22. The molecule has 2 aromatic carbocycles. The van der Waals surface area contributed by atoms with E-state index in [1.165, 1.54) is 22.9 Å². The van der Waals surface area contributed by atoms with Gasteiger partial charge >= 0.3 is 0 Å². The molecule has 0 spiro atoms. The topological polar surface area (TPSA) is 63.5 Å². The molecule has 0 N–H and O–H groups in total. The van der Waals surface area contributed by atoms with Crippen LogP contribution in [0.1, 0.15) is 36.7 Å². The normalized spacial score (nSPS) is 14.6. The molecule has 0 radical (unpaired) electrons. The Morgan fingerprint density at radius 2 is 1.68 bits per heavy atom. The first-order valence-electron chi connectivity index (χ1n) is 11.7. The lowest BCUT2D eigenvalue weighted by atomic mass is 10.0. The van der Waals surface area contributed by atoms with Crippen LogP contribution in [0.25, 0.3) is 5.69 Å². The van der Waals surface area contributed by atoms with Gasteiger partial charge in [-0.25, -0.2) is 0 Å². The molecular formula is C26H33N5O2S. The van der Waals surface area contributed by atoms with Crippen molar-refractivity contribution in [3.8, 4) is 11.4 Å². The van der Waals surface area contributed by atoms with Crippen molar-refractivity contribution in [2.45, 2.75) is 38.4 Å². The van der Waals surface area contributed by atoms with E-state index in [1.807, 2.05) is 40.7 Å². The predicted molar refractivity (Wildman–Crippen MR) is 136 cm³/mol. The standard InChI is InChI=1S/C26H33N5O2S/c1-19(2)22-7-5-21(6-8-22)17-29-13-15-30(16-14-29)25(32)18-34-26-28-27-20(3)31(26)23-9-11-24(33-4)12-10-23/h5-12,19H,13-18H2,1-4H3. The quantitative estimate of drug-likeness (QED) is 0.453. The molecule has 1 aliphatic heterocycles. The van der Waals surface area contributed by atoms with E-state index in [4.69, 9.17) is 4.74 Å². The number of carbonyl (C=O) groups is 1. The number of ether oxygens (including phenoxy) is 1. The summed E-state index contributed by atoms with van der Waals surface area (Å²) in [7, 11) is 1.65. The number of nitrogens with zero attached hydrogens (tertiary/aromatic N) is 5. The number of hydrogen-bond donors (Lipinski definition) is 0. The first-order valence-corrected chi connectivity index (χ1v) is 12.7. The van der Waals surface area contributed by atoms with Crippen LogP contribution in [0.15, 0.2) is 53.7 Å². The molecule has 7 nitrogen and oxygen atoms in total. The third-order valence-electron chi connectivity index (χ3n) is 6.23. The van der Waals surface area contributed by atoms with E-state index in [9.17, 15) is 4.79 Å². The summed E-state index contributed by atoms with van der Waals surface area (Å²) in [6.07, 6.45) is 0. The fourth-order valence-electron chi connectivity index (χ4n) is 4.10. The zero-order valence-electron chi connectivity index (χ0n) is 20.4. The maximum atomic E-state index is 12.9. The molecule has 2 heterocycles. The fraction of sp³-hybridized carbons (Fsp3) is 0.423. The van der Waals surface area contributed by atoms with Gasteiger partial charge in [-0.2, -0.15) is 0 Å². The molecule has 1 aromatic heterocycles. The van der Waals surface area contributed by atoms with Crippen molar-refractivity contribution in [2.75, 3.05) is 39.0 Å². The maximum absolute atomic E-state index is 12.9. The largest absolute Gasteiger partial charge is 0.497 e. The number of carbonyl (C=O) groups excluding carboxylic acids is 1. The summed E-state index contributed by atoms with van der Waals surface area (Å²) < 4.78 is 7.22. The number of thioether (sulfide) groups is 1. The summed E-state index contributed by atoms with van der Waals surface area (Å²) in [6.45, 7) is 10.6. The molecule has 1 aliphatic rings. The smallest absolute Gasteiger partial charge is 0.233 e. The number of hydrogen-bond acceptors (Lipinski definition) is 6. The molecule has 0 saturated carbocycles. The summed E-state index contributed by atoms with van der Waals surface area (Å²) in [6, 6.07) is 16.7. The van der Waals surface area contributed by atoms with E-state index >= 15 is 0 Å². The second-order valence-electron chi connectivity index (χ2n) is 8.91. The van der Waals surface area contributed by atoms with E-state index in [1.54, 1.807) is 7.11 Å². The van der Waals surface area contributed by atoms with Crippen LogP contribution in [0.3, 0.4) is 0 Å². The monoisotopic (exact) mass is 479 g/mol. The van der Waals surface area contributed by atoms with Gasteiger partial charge in [-0.15, -0.1) is 10.2 Å². The third-order valence-corrected chi connectivity index (χ3v) is 7.14. The van der Waals surface area contributed by atoms with Crippen molar-refractivity contribution >= 4 is 17.7 Å². The van der Waals surface area contributed by atoms with Crippen LogP contribution in [0.2, 0.25) is 0 Å². The van der Waals surface area contributed by atoms with Gasteiger partial charge in [0.15, 0.2) is 5.16 Å². The summed E-state index contributed by atoms with van der Waals surface area (Å²) >= 11 is 1.43. The average Bonchev–Trinajstić information content (AvgIpc) is 3.23. The predicted octanol–water partition coefficient (Wildman–Crippen LogP) is 4.14. The van der Waals surface area contributed by atoms with Gasteiger partial charge in [-0.05, 0) is 48.2 Å². The molecule has 1 amide bonds. The van der Waals surface area contributed by atoms with Crippen molar-refractivity contribution in [1.82, 2.24) is 24.6 Å². The lowest BCUT2D eigenvalue weighted by molar-refractivity contribution is -0.130. The molecule has 1 saturated heterocycles. The highest BCUT2D eigenvalue weighted by Crippen LogP contribution is 2.24. The Bertz CT molecular complexity index is 1090. The molecule has 180 valence electrons. The number of aryl methyl sites for hydroxylation is 1. The van der Waals surface area contributed by atoms with Crippen molar-refractivity contribution in [3.63, 3.8) is 0 Å². The van der Waals surface area contributed by atoms with Crippen LogP contribution in [-0.4, -0.2) is 69.5 Å². The molecule has 0 atom stereocenters. The van der Waals surface area contributed by atoms with E-state index in [-0.39, 0.29) is 5.91 Å². The number of amides is 1. The van der Waals surface area contributed by atoms with E-state index < -0.39 is 0 Å². The minimum absolute atomic E-state index is 0.146. The van der Waals surface area contributed by atoms with Crippen molar-refractivity contribution < 1.29 is 9.53 Å². The molecule has 3 aromatic rings. The van der Waals surface area contributed by atoms with E-state index in [0.717, 1.165) is 55.1 Å². The van der Waals surface area contributed by atoms with Gasteiger partial charge in [0.1, 0.15) is 11.6 Å². The third kappa shape index (κ3) is 5.80. The molecule has 0 bridgehead atoms. The van der Waals surface area contributed by atoms with Crippen LogP contribution in [0.4, 0.5) is 0 Å². The lowest BCUT2D eigenvalue weighted by Crippen LogP contribution is -2.48. The summed E-state index contributed by atoms with van der Waals surface area (Å²) in [5, 5.41) is 9.24. The Balaban J connectivity index is 1.28. The summed E-state index contributed by atoms with van der Waals surface area (Å²) in [5.41, 5.74) is 3.65. The van der Waals surface area contributed by atoms with Gasteiger partial charge < -0.3 is 9.64 Å². The Morgan fingerprint density at radius 1 is 1.00 bits per heavy atom. The Hall–Kier alpha value is -2.84. The van der Waals surface area contributed by atoms with Gasteiger partial charge in [0.05, 0.1) is 12.9 Å². The maximum Gasteiger partial charge on any atom is 0.233 e. The van der Waals surface area contributed by atoms with Crippen LogP contribution in [0, 0.1) is 6.92 Å². The number of rotatable bonds is 8. The van der Waals surface area contributed by atoms with Gasteiger partial charge in [0.25, 0.3) is 0 Å². The van der Waals surface area contributed by atoms with Gasteiger partial charge in [0, 0.05) is 38.4 Å². The SMILES string of the molecule is COc1ccc(-n2c(C)nnc2SCC(=O)N2CCN(Cc3ccc(C(C)C)cc3)CC2)cc1. The molecule has 8 heteroatoms. The Labute approximate surface area is 206 Å². The zero-order chi connectivity index (χ0) is 24.1. The van der Waals surface area contributed by atoms with Crippen LogP contribution >= 0.6 is 11.8 Å². The van der Waals surface area contributed by atoms with Crippen molar-refractivity contribution in [1.29, 1.82) is 0 Å². The summed E-state index contributed by atoms with van der Waals surface area (Å²) in [5.74, 6) is 2.63.